The molecule has 0 aliphatic heterocycles. The fraction of sp³-hybridized carbons (Fsp3) is 0.714. The van der Waals surface area contributed by atoms with Gasteiger partial charge in [0.25, 0.3) is 5.56 Å². The van der Waals surface area contributed by atoms with E-state index < -0.39 is 6.10 Å². The molecule has 1 atom stereocenters. The summed E-state index contributed by atoms with van der Waals surface area (Å²) in [5.74, 6) is 0.682. The average molecular weight is 408 g/mol. The summed E-state index contributed by atoms with van der Waals surface area (Å²) in [6.07, 6.45) is 5.51. The first kappa shape index (κ1) is 21.4. The zero-order valence-electron chi connectivity index (χ0n) is 17.5. The molecule has 156 valence electrons. The topological polar surface area (TPSA) is 78.5 Å². The van der Waals surface area contributed by atoms with E-state index in [1.165, 1.54) is 19.3 Å². The molecule has 2 aromatic heterocycles. The van der Waals surface area contributed by atoms with Gasteiger partial charge >= 0.3 is 0 Å². The predicted octanol–water partition coefficient (Wildman–Crippen LogP) is 3.52. The third-order valence-electron chi connectivity index (χ3n) is 5.60. The average Bonchev–Trinajstić information content (AvgIpc) is 2.94. The second kappa shape index (κ2) is 9.48. The summed E-state index contributed by atoms with van der Waals surface area (Å²) in [6, 6.07) is 0.412. The molecule has 1 unspecified atom stereocenters. The first-order chi connectivity index (χ1) is 13.3. The van der Waals surface area contributed by atoms with Crippen LogP contribution in [0.1, 0.15) is 62.2 Å². The van der Waals surface area contributed by atoms with Crippen molar-refractivity contribution in [1.29, 1.82) is 0 Å². The summed E-state index contributed by atoms with van der Waals surface area (Å²) in [5.41, 5.74) is 0.958. The first-order valence-electron chi connectivity index (χ1n) is 10.4. The number of hydrogen-bond donors (Lipinski definition) is 2. The van der Waals surface area contributed by atoms with Crippen LogP contribution in [0.25, 0.3) is 10.2 Å². The van der Waals surface area contributed by atoms with Crippen molar-refractivity contribution >= 4 is 21.6 Å². The van der Waals surface area contributed by atoms with E-state index in [9.17, 15) is 9.90 Å². The summed E-state index contributed by atoms with van der Waals surface area (Å²) in [4.78, 5) is 24.6. The Kier molecular flexibility index (Phi) is 7.25. The van der Waals surface area contributed by atoms with Crippen LogP contribution in [0, 0.1) is 13.8 Å². The van der Waals surface area contributed by atoms with Crippen molar-refractivity contribution in [3.05, 3.63) is 26.6 Å². The van der Waals surface area contributed by atoms with E-state index in [0.717, 1.165) is 28.1 Å². The van der Waals surface area contributed by atoms with E-state index in [4.69, 9.17) is 9.72 Å². The van der Waals surface area contributed by atoms with Crippen LogP contribution >= 0.6 is 11.3 Å². The normalized spacial score (nSPS) is 17.1. The van der Waals surface area contributed by atoms with Gasteiger partial charge < -0.3 is 14.8 Å². The van der Waals surface area contributed by atoms with Gasteiger partial charge in [0, 0.05) is 17.5 Å². The Balaban J connectivity index is 1.80. The van der Waals surface area contributed by atoms with Crippen LogP contribution in [0.15, 0.2) is 4.79 Å². The van der Waals surface area contributed by atoms with Gasteiger partial charge in [0.05, 0.1) is 30.7 Å². The maximum atomic E-state index is 12.6. The first-order valence-corrected chi connectivity index (χ1v) is 11.2. The molecule has 0 amide bonds. The highest BCUT2D eigenvalue weighted by Crippen LogP contribution is 2.27. The second-order valence-electron chi connectivity index (χ2n) is 8.23. The molecule has 0 aromatic carbocycles. The van der Waals surface area contributed by atoms with E-state index in [-0.39, 0.29) is 11.7 Å². The molecule has 2 N–H and O–H groups in total. The number of aromatic amines is 1. The Hall–Kier alpha value is -1.28. The van der Waals surface area contributed by atoms with Gasteiger partial charge in [-0.1, -0.05) is 19.3 Å². The Morgan fingerprint density at radius 2 is 2.00 bits per heavy atom. The smallest absolute Gasteiger partial charge is 0.259 e. The molecule has 28 heavy (non-hydrogen) atoms. The van der Waals surface area contributed by atoms with Gasteiger partial charge in [-0.3, -0.25) is 9.69 Å². The van der Waals surface area contributed by atoms with Crippen LogP contribution < -0.4 is 5.56 Å². The minimum atomic E-state index is -0.550. The standard InChI is InChI=1S/C21H33N3O3S/c1-13(2)27-12-17(25)10-24(16-8-6-5-7-9-16)11-18-22-20(26)19-14(3)15(4)28-21(19)23-18/h13,16-17,25H,5-12H2,1-4H3,(H,22,23,26). The van der Waals surface area contributed by atoms with Crippen molar-refractivity contribution in [3.63, 3.8) is 0 Å². The van der Waals surface area contributed by atoms with Crippen molar-refractivity contribution in [3.8, 4) is 0 Å². The number of aryl methyl sites for hydroxylation is 2. The summed E-state index contributed by atoms with van der Waals surface area (Å²) >= 11 is 1.58. The maximum Gasteiger partial charge on any atom is 0.259 e. The molecule has 2 aromatic rings. The van der Waals surface area contributed by atoms with Gasteiger partial charge in [-0.2, -0.15) is 0 Å². The number of ether oxygens (including phenoxy) is 1. The molecule has 0 bridgehead atoms. The van der Waals surface area contributed by atoms with Crippen molar-refractivity contribution in [2.45, 2.75) is 84.6 Å². The van der Waals surface area contributed by atoms with Gasteiger partial charge in [0.15, 0.2) is 0 Å². The van der Waals surface area contributed by atoms with Crippen LogP contribution in [-0.2, 0) is 11.3 Å². The number of nitrogens with one attached hydrogen (secondary N) is 1. The van der Waals surface area contributed by atoms with Crippen molar-refractivity contribution in [1.82, 2.24) is 14.9 Å². The molecule has 1 aliphatic rings. The third kappa shape index (κ3) is 5.20. The number of H-pyrrole nitrogens is 1. The number of aliphatic hydroxyl groups excluding tert-OH is 1. The lowest BCUT2D eigenvalue weighted by Gasteiger charge is -2.35. The van der Waals surface area contributed by atoms with Gasteiger partial charge in [-0.25, -0.2) is 4.98 Å². The van der Waals surface area contributed by atoms with Crippen molar-refractivity contribution in [2.24, 2.45) is 0 Å². The molecular formula is C21H33N3O3S. The fourth-order valence-corrected chi connectivity index (χ4v) is 5.03. The molecule has 0 saturated heterocycles. The quantitative estimate of drug-likeness (QED) is 0.700. The lowest BCUT2D eigenvalue weighted by atomic mass is 9.94. The summed E-state index contributed by atoms with van der Waals surface area (Å²) in [7, 11) is 0. The summed E-state index contributed by atoms with van der Waals surface area (Å²) in [6.45, 7) is 9.35. The molecule has 2 heterocycles. The van der Waals surface area contributed by atoms with Crippen LogP contribution in [0.2, 0.25) is 0 Å². The van der Waals surface area contributed by atoms with E-state index in [1.54, 1.807) is 11.3 Å². The summed E-state index contributed by atoms with van der Waals surface area (Å²) in [5, 5.41) is 11.2. The highest BCUT2D eigenvalue weighted by Gasteiger charge is 2.25. The number of thiophene rings is 1. The SMILES string of the molecule is Cc1sc2nc(CN(CC(O)COC(C)C)C3CCCCC3)[nH]c(=O)c2c1C. The molecule has 1 fully saturated rings. The van der Waals surface area contributed by atoms with Crippen molar-refractivity contribution < 1.29 is 9.84 Å². The lowest BCUT2D eigenvalue weighted by molar-refractivity contribution is -0.0189. The number of aromatic nitrogens is 2. The third-order valence-corrected chi connectivity index (χ3v) is 6.70. The van der Waals surface area contributed by atoms with Crippen LogP contribution in [0.5, 0.6) is 0 Å². The minimum absolute atomic E-state index is 0.0610. The van der Waals surface area contributed by atoms with Gasteiger partial charge in [-0.15, -0.1) is 11.3 Å². The number of aliphatic hydroxyl groups is 1. The number of hydrogen-bond acceptors (Lipinski definition) is 6. The highest BCUT2D eigenvalue weighted by atomic mass is 32.1. The lowest BCUT2D eigenvalue weighted by Crippen LogP contribution is -2.43. The molecular weight excluding hydrogens is 374 g/mol. The van der Waals surface area contributed by atoms with E-state index in [2.05, 4.69) is 9.88 Å². The monoisotopic (exact) mass is 407 g/mol. The van der Waals surface area contributed by atoms with Crippen LogP contribution in [-0.4, -0.2) is 51.4 Å². The van der Waals surface area contributed by atoms with E-state index in [1.807, 2.05) is 27.7 Å². The zero-order valence-corrected chi connectivity index (χ0v) is 18.3. The van der Waals surface area contributed by atoms with Gasteiger partial charge in [0.1, 0.15) is 10.7 Å². The Bertz CT molecular complexity index is 839. The number of nitrogens with zero attached hydrogens (tertiary/aromatic N) is 2. The Morgan fingerprint density at radius 3 is 2.68 bits per heavy atom. The Morgan fingerprint density at radius 1 is 1.29 bits per heavy atom. The summed E-state index contributed by atoms with van der Waals surface area (Å²) < 4.78 is 5.59. The molecule has 0 spiro atoms. The minimum Gasteiger partial charge on any atom is -0.389 e. The molecule has 0 radical (unpaired) electrons. The molecule has 3 rings (SSSR count). The van der Waals surface area contributed by atoms with Crippen LogP contribution in [0.3, 0.4) is 0 Å². The van der Waals surface area contributed by atoms with Gasteiger partial charge in [-0.05, 0) is 46.1 Å². The van der Waals surface area contributed by atoms with E-state index in [0.29, 0.717) is 36.9 Å². The second-order valence-corrected chi connectivity index (χ2v) is 9.44. The number of fused-ring (bicyclic) bond motifs is 1. The fourth-order valence-electron chi connectivity index (χ4n) is 3.98. The zero-order chi connectivity index (χ0) is 20.3. The highest BCUT2D eigenvalue weighted by molar-refractivity contribution is 7.18. The number of rotatable bonds is 8. The largest absolute Gasteiger partial charge is 0.389 e. The Labute approximate surface area is 170 Å². The maximum absolute atomic E-state index is 12.6. The van der Waals surface area contributed by atoms with E-state index >= 15 is 0 Å². The van der Waals surface area contributed by atoms with Crippen molar-refractivity contribution in [2.75, 3.05) is 13.2 Å². The molecule has 7 heteroatoms. The van der Waals surface area contributed by atoms with Gasteiger partial charge in [0.2, 0.25) is 0 Å². The molecule has 1 saturated carbocycles. The molecule has 1 aliphatic carbocycles. The molecule has 6 nitrogen and oxygen atoms in total. The van der Waals surface area contributed by atoms with Crippen LogP contribution in [0.4, 0.5) is 0 Å². The predicted molar refractivity (Wildman–Crippen MR) is 114 cm³/mol.